The van der Waals surface area contributed by atoms with E-state index in [1.54, 1.807) is 0 Å². The Bertz CT molecular complexity index is 414. The molecular formula is C18H33NO3. The molecule has 0 aromatic carbocycles. The molecule has 2 rings (SSSR count). The van der Waals surface area contributed by atoms with Crippen molar-refractivity contribution < 1.29 is 14.3 Å². The number of hydrogen-bond acceptors (Lipinski definition) is 3. The first-order valence-corrected chi connectivity index (χ1v) is 8.48. The molecule has 0 saturated heterocycles. The molecule has 0 heterocycles. The van der Waals surface area contributed by atoms with Gasteiger partial charge in [0.1, 0.15) is 5.60 Å². The van der Waals surface area contributed by atoms with E-state index in [0.717, 1.165) is 12.8 Å². The first kappa shape index (κ1) is 17.6. The standard InChI is InChI=1S/C18H33NO3/c1-15(2,3)22-14(20)19-18(10-11-18)12-21-13-16(4,5)8-9-17(13,6)7/h13H,8-12H2,1-7H3,(H,19,20). The quantitative estimate of drug-likeness (QED) is 0.843. The van der Waals surface area contributed by atoms with Crippen LogP contribution in [0.2, 0.25) is 0 Å². The van der Waals surface area contributed by atoms with E-state index in [-0.39, 0.29) is 28.6 Å². The van der Waals surface area contributed by atoms with E-state index in [1.807, 2.05) is 20.8 Å². The van der Waals surface area contributed by atoms with Crippen LogP contribution in [0.25, 0.3) is 0 Å². The molecule has 1 amide bonds. The summed E-state index contributed by atoms with van der Waals surface area (Å²) in [6, 6.07) is 0. The summed E-state index contributed by atoms with van der Waals surface area (Å²) in [6.07, 6.45) is 4.23. The minimum Gasteiger partial charge on any atom is -0.444 e. The van der Waals surface area contributed by atoms with Crippen molar-refractivity contribution in [3.05, 3.63) is 0 Å². The summed E-state index contributed by atoms with van der Waals surface area (Å²) in [7, 11) is 0. The van der Waals surface area contributed by atoms with E-state index in [4.69, 9.17) is 9.47 Å². The van der Waals surface area contributed by atoms with Gasteiger partial charge in [-0.05, 0) is 57.3 Å². The van der Waals surface area contributed by atoms with Gasteiger partial charge in [-0.3, -0.25) is 0 Å². The maximum Gasteiger partial charge on any atom is 0.408 e. The SMILES string of the molecule is CC(C)(C)OC(=O)NC1(COC2C(C)(C)CCC2(C)C)CC1. The van der Waals surface area contributed by atoms with Gasteiger partial charge >= 0.3 is 6.09 Å². The second-order valence-corrected chi connectivity index (χ2v) is 9.58. The largest absolute Gasteiger partial charge is 0.444 e. The smallest absolute Gasteiger partial charge is 0.408 e. The molecule has 2 aliphatic carbocycles. The Morgan fingerprint density at radius 2 is 1.55 bits per heavy atom. The Kier molecular flexibility index (Phi) is 4.31. The van der Waals surface area contributed by atoms with Crippen LogP contribution in [0.5, 0.6) is 0 Å². The highest BCUT2D eigenvalue weighted by molar-refractivity contribution is 5.69. The maximum absolute atomic E-state index is 12.0. The van der Waals surface area contributed by atoms with Crippen molar-refractivity contribution in [3.63, 3.8) is 0 Å². The van der Waals surface area contributed by atoms with Gasteiger partial charge in [0.05, 0.1) is 18.2 Å². The predicted octanol–water partition coefficient (Wildman–Crippen LogP) is 4.28. The number of amides is 1. The maximum atomic E-state index is 12.0. The van der Waals surface area contributed by atoms with Crippen LogP contribution < -0.4 is 5.32 Å². The summed E-state index contributed by atoms with van der Waals surface area (Å²) in [4.78, 5) is 12.0. The molecule has 0 aromatic rings. The van der Waals surface area contributed by atoms with E-state index in [9.17, 15) is 4.79 Å². The molecule has 2 fully saturated rings. The fraction of sp³-hybridized carbons (Fsp3) is 0.944. The molecule has 0 radical (unpaired) electrons. The fourth-order valence-corrected chi connectivity index (χ4v) is 3.63. The van der Waals surface area contributed by atoms with Gasteiger partial charge < -0.3 is 14.8 Å². The molecule has 128 valence electrons. The average Bonchev–Trinajstić information content (AvgIpc) is 2.99. The summed E-state index contributed by atoms with van der Waals surface area (Å²) in [6.45, 7) is 15.4. The third-order valence-corrected chi connectivity index (χ3v) is 4.98. The van der Waals surface area contributed by atoms with E-state index in [2.05, 4.69) is 33.0 Å². The van der Waals surface area contributed by atoms with Crippen molar-refractivity contribution in [2.45, 2.75) is 91.4 Å². The first-order chi connectivity index (χ1) is 9.85. The summed E-state index contributed by atoms with van der Waals surface area (Å²) in [5.41, 5.74) is -0.273. The van der Waals surface area contributed by atoms with Gasteiger partial charge in [0, 0.05) is 0 Å². The van der Waals surface area contributed by atoms with Crippen LogP contribution in [-0.2, 0) is 9.47 Å². The number of rotatable bonds is 4. The van der Waals surface area contributed by atoms with Crippen molar-refractivity contribution in [2.24, 2.45) is 10.8 Å². The third-order valence-electron chi connectivity index (χ3n) is 4.98. The zero-order valence-electron chi connectivity index (χ0n) is 15.3. The molecule has 0 aliphatic heterocycles. The number of nitrogens with one attached hydrogen (secondary N) is 1. The zero-order chi connectivity index (χ0) is 16.8. The summed E-state index contributed by atoms with van der Waals surface area (Å²) in [5, 5.41) is 3.02. The fourth-order valence-electron chi connectivity index (χ4n) is 3.63. The van der Waals surface area contributed by atoms with Crippen LogP contribution in [0, 0.1) is 10.8 Å². The molecule has 0 atom stereocenters. The topological polar surface area (TPSA) is 47.6 Å². The zero-order valence-corrected chi connectivity index (χ0v) is 15.3. The minimum atomic E-state index is -0.462. The number of ether oxygens (including phenoxy) is 2. The lowest BCUT2D eigenvalue weighted by atomic mass is 9.81. The monoisotopic (exact) mass is 311 g/mol. The van der Waals surface area contributed by atoms with E-state index < -0.39 is 5.60 Å². The normalized spacial score (nSPS) is 25.8. The van der Waals surface area contributed by atoms with E-state index in [1.165, 1.54) is 12.8 Å². The number of carbonyl (C=O) groups is 1. The first-order valence-electron chi connectivity index (χ1n) is 8.48. The van der Waals surface area contributed by atoms with Crippen LogP contribution in [0.3, 0.4) is 0 Å². The van der Waals surface area contributed by atoms with Crippen LogP contribution in [0.1, 0.15) is 74.1 Å². The summed E-state index contributed by atoms with van der Waals surface area (Å²) in [5.74, 6) is 0. The van der Waals surface area contributed by atoms with Crippen molar-refractivity contribution in [1.82, 2.24) is 5.32 Å². The van der Waals surface area contributed by atoms with Crippen LogP contribution in [-0.4, -0.2) is 29.9 Å². The number of carbonyl (C=O) groups excluding carboxylic acids is 1. The Morgan fingerprint density at radius 3 is 1.95 bits per heavy atom. The lowest BCUT2D eigenvalue weighted by molar-refractivity contribution is -0.0686. The minimum absolute atomic E-state index is 0.200. The van der Waals surface area contributed by atoms with Gasteiger partial charge in [0.15, 0.2) is 0 Å². The average molecular weight is 311 g/mol. The molecule has 4 nitrogen and oxygen atoms in total. The van der Waals surface area contributed by atoms with Crippen molar-refractivity contribution >= 4 is 6.09 Å². The van der Waals surface area contributed by atoms with Gasteiger partial charge in [-0.15, -0.1) is 0 Å². The molecule has 0 spiro atoms. The molecular weight excluding hydrogens is 278 g/mol. The van der Waals surface area contributed by atoms with Crippen molar-refractivity contribution in [3.8, 4) is 0 Å². The van der Waals surface area contributed by atoms with Crippen molar-refractivity contribution in [1.29, 1.82) is 0 Å². The molecule has 2 saturated carbocycles. The highest BCUT2D eigenvalue weighted by Crippen LogP contribution is 2.51. The third kappa shape index (κ3) is 4.15. The van der Waals surface area contributed by atoms with Gasteiger partial charge in [0.25, 0.3) is 0 Å². The second kappa shape index (κ2) is 5.40. The molecule has 4 heteroatoms. The number of hydrogen-bond donors (Lipinski definition) is 1. The lowest BCUT2D eigenvalue weighted by Gasteiger charge is -2.36. The van der Waals surface area contributed by atoms with Crippen LogP contribution in [0.4, 0.5) is 4.79 Å². The Morgan fingerprint density at radius 1 is 1.05 bits per heavy atom. The van der Waals surface area contributed by atoms with E-state index >= 15 is 0 Å². The highest BCUT2D eigenvalue weighted by Gasteiger charge is 2.51. The van der Waals surface area contributed by atoms with Gasteiger partial charge in [-0.2, -0.15) is 0 Å². The predicted molar refractivity (Wildman–Crippen MR) is 87.9 cm³/mol. The molecule has 0 bridgehead atoms. The molecule has 0 aromatic heterocycles. The van der Waals surface area contributed by atoms with Gasteiger partial charge in [0.2, 0.25) is 0 Å². The highest BCUT2D eigenvalue weighted by atomic mass is 16.6. The van der Waals surface area contributed by atoms with Crippen LogP contribution in [0.15, 0.2) is 0 Å². The van der Waals surface area contributed by atoms with Gasteiger partial charge in [-0.25, -0.2) is 4.79 Å². The molecule has 1 N–H and O–H groups in total. The summed E-state index contributed by atoms with van der Waals surface area (Å²) < 4.78 is 11.7. The molecule has 22 heavy (non-hydrogen) atoms. The van der Waals surface area contributed by atoms with Crippen molar-refractivity contribution in [2.75, 3.05) is 6.61 Å². The Hall–Kier alpha value is -0.770. The van der Waals surface area contributed by atoms with Gasteiger partial charge in [-0.1, -0.05) is 27.7 Å². The molecule has 2 aliphatic rings. The Labute approximate surface area is 135 Å². The van der Waals surface area contributed by atoms with Crippen LogP contribution >= 0.6 is 0 Å². The second-order valence-electron chi connectivity index (χ2n) is 9.58. The summed E-state index contributed by atoms with van der Waals surface area (Å²) >= 11 is 0. The van der Waals surface area contributed by atoms with E-state index in [0.29, 0.717) is 6.61 Å². The lowest BCUT2D eigenvalue weighted by Crippen LogP contribution is -2.46. The number of alkyl carbamates (subject to hydrolysis) is 1. The Balaban J connectivity index is 1.90. The molecule has 0 unspecified atom stereocenters.